The molecule has 3 N–H and O–H groups in total. The van der Waals surface area contributed by atoms with Gasteiger partial charge in [-0.3, -0.25) is 4.40 Å². The Morgan fingerprint density at radius 2 is 2.11 bits per heavy atom. The van der Waals surface area contributed by atoms with Gasteiger partial charge in [0.05, 0.1) is 6.54 Å². The maximum Gasteiger partial charge on any atom is 0.191 e. The molecule has 0 aliphatic rings. The number of fused-ring (bicyclic) bond motifs is 1. The lowest BCUT2D eigenvalue weighted by atomic mass is 9.96. The van der Waals surface area contributed by atoms with Gasteiger partial charge >= 0.3 is 0 Å². The van der Waals surface area contributed by atoms with Crippen LogP contribution in [0.2, 0.25) is 0 Å². The second-order valence-electron chi connectivity index (χ2n) is 7.02. The zero-order chi connectivity index (χ0) is 20.1. The summed E-state index contributed by atoms with van der Waals surface area (Å²) < 4.78 is 7.51. The van der Waals surface area contributed by atoms with Gasteiger partial charge in [-0.05, 0) is 45.9 Å². The molecule has 3 aromatic heterocycles. The number of hydrogen-bond donors (Lipinski definition) is 3. The molecule has 0 amide bonds. The fraction of sp³-hybridized carbons (Fsp3) is 0.450. The van der Waals surface area contributed by atoms with E-state index in [1.165, 1.54) is 0 Å². The van der Waals surface area contributed by atoms with Gasteiger partial charge in [0, 0.05) is 31.3 Å². The Kier molecular flexibility index (Phi) is 5.99. The van der Waals surface area contributed by atoms with Crippen molar-refractivity contribution in [2.24, 2.45) is 4.99 Å². The standard InChI is InChI=1S/C20H28N6O2/c1-5-21-19(23-13-20(4,27)16-12-14(2)28-15(16)3)22-10-9-18-25-24-17-8-6-7-11-26(17)18/h6-8,11-12,27H,5,9-10,13H2,1-4H3,(H2,21,22,23). The molecule has 28 heavy (non-hydrogen) atoms. The van der Waals surface area contributed by atoms with Crippen LogP contribution in [-0.2, 0) is 12.0 Å². The molecule has 3 rings (SSSR count). The molecule has 0 spiro atoms. The van der Waals surface area contributed by atoms with Crippen LogP contribution in [-0.4, -0.2) is 45.3 Å². The van der Waals surface area contributed by atoms with Gasteiger partial charge in [-0.1, -0.05) is 6.07 Å². The minimum Gasteiger partial charge on any atom is -0.466 e. The summed E-state index contributed by atoms with van der Waals surface area (Å²) in [5, 5.41) is 25.7. The van der Waals surface area contributed by atoms with E-state index in [1.54, 1.807) is 6.92 Å². The summed E-state index contributed by atoms with van der Waals surface area (Å²) in [5.41, 5.74) is 0.493. The van der Waals surface area contributed by atoms with Crippen molar-refractivity contribution in [1.82, 2.24) is 25.2 Å². The van der Waals surface area contributed by atoms with Crippen molar-refractivity contribution in [3.05, 3.63) is 53.4 Å². The van der Waals surface area contributed by atoms with E-state index >= 15 is 0 Å². The Morgan fingerprint density at radius 1 is 1.29 bits per heavy atom. The third-order valence-corrected chi connectivity index (χ3v) is 4.54. The molecule has 0 radical (unpaired) electrons. The lowest BCUT2D eigenvalue weighted by Gasteiger charge is -2.21. The number of pyridine rings is 1. The van der Waals surface area contributed by atoms with Crippen LogP contribution in [0.5, 0.6) is 0 Å². The molecule has 0 aliphatic heterocycles. The number of aliphatic imine (C=N–C) groups is 1. The minimum absolute atomic E-state index is 0.218. The number of aryl methyl sites for hydroxylation is 2. The predicted octanol–water partition coefficient (Wildman–Crippen LogP) is 1.94. The first kappa shape index (κ1) is 19.9. The number of aromatic nitrogens is 3. The van der Waals surface area contributed by atoms with Crippen molar-refractivity contribution < 1.29 is 9.52 Å². The molecule has 0 fully saturated rings. The van der Waals surface area contributed by atoms with Crippen LogP contribution in [0, 0.1) is 13.8 Å². The smallest absolute Gasteiger partial charge is 0.191 e. The highest BCUT2D eigenvalue weighted by molar-refractivity contribution is 5.79. The summed E-state index contributed by atoms with van der Waals surface area (Å²) in [5.74, 6) is 3.03. The number of guanidine groups is 1. The Labute approximate surface area is 164 Å². The summed E-state index contributed by atoms with van der Waals surface area (Å²) in [6.45, 7) is 9.07. The fourth-order valence-corrected chi connectivity index (χ4v) is 3.18. The zero-order valence-corrected chi connectivity index (χ0v) is 16.9. The van der Waals surface area contributed by atoms with E-state index < -0.39 is 5.60 Å². The van der Waals surface area contributed by atoms with Crippen LogP contribution in [0.15, 0.2) is 39.9 Å². The largest absolute Gasteiger partial charge is 0.466 e. The molecule has 0 aromatic carbocycles. The van der Waals surface area contributed by atoms with Gasteiger partial charge in [-0.2, -0.15) is 0 Å². The lowest BCUT2D eigenvalue weighted by molar-refractivity contribution is 0.0657. The normalized spacial score (nSPS) is 14.2. The van der Waals surface area contributed by atoms with Crippen LogP contribution < -0.4 is 10.6 Å². The summed E-state index contributed by atoms with van der Waals surface area (Å²) >= 11 is 0. The summed E-state index contributed by atoms with van der Waals surface area (Å²) in [6, 6.07) is 7.69. The van der Waals surface area contributed by atoms with Gasteiger partial charge in [-0.15, -0.1) is 10.2 Å². The molecular weight excluding hydrogens is 356 g/mol. The van der Waals surface area contributed by atoms with E-state index in [4.69, 9.17) is 4.42 Å². The second-order valence-corrected chi connectivity index (χ2v) is 7.02. The molecule has 0 bridgehead atoms. The molecule has 1 unspecified atom stereocenters. The first-order valence-corrected chi connectivity index (χ1v) is 9.51. The summed E-state index contributed by atoms with van der Waals surface area (Å²) in [4.78, 5) is 4.55. The first-order valence-electron chi connectivity index (χ1n) is 9.51. The molecule has 8 nitrogen and oxygen atoms in total. The van der Waals surface area contributed by atoms with Gasteiger partial charge in [0.1, 0.15) is 22.9 Å². The Bertz CT molecular complexity index is 957. The third kappa shape index (κ3) is 4.51. The maximum atomic E-state index is 10.8. The predicted molar refractivity (Wildman–Crippen MR) is 108 cm³/mol. The highest BCUT2D eigenvalue weighted by Crippen LogP contribution is 2.27. The van der Waals surface area contributed by atoms with Crippen LogP contribution in [0.4, 0.5) is 0 Å². The average molecular weight is 384 g/mol. The van der Waals surface area contributed by atoms with Crippen molar-refractivity contribution in [2.75, 3.05) is 19.6 Å². The van der Waals surface area contributed by atoms with Gasteiger partial charge in [0.15, 0.2) is 11.6 Å². The Hall–Kier alpha value is -2.87. The molecule has 3 aromatic rings. The van der Waals surface area contributed by atoms with E-state index in [9.17, 15) is 5.11 Å². The minimum atomic E-state index is -1.10. The molecule has 3 heterocycles. The highest BCUT2D eigenvalue weighted by atomic mass is 16.3. The quantitative estimate of drug-likeness (QED) is 0.425. The van der Waals surface area contributed by atoms with Crippen molar-refractivity contribution in [3.63, 3.8) is 0 Å². The monoisotopic (exact) mass is 384 g/mol. The van der Waals surface area contributed by atoms with Crippen molar-refractivity contribution >= 4 is 11.6 Å². The van der Waals surface area contributed by atoms with Gasteiger partial charge in [-0.25, -0.2) is 4.99 Å². The van der Waals surface area contributed by atoms with Gasteiger partial charge in [0.2, 0.25) is 0 Å². The van der Waals surface area contributed by atoms with E-state index in [2.05, 4.69) is 25.8 Å². The van der Waals surface area contributed by atoms with E-state index in [0.717, 1.165) is 29.3 Å². The number of rotatable bonds is 7. The molecule has 150 valence electrons. The molecule has 8 heteroatoms. The third-order valence-electron chi connectivity index (χ3n) is 4.54. The average Bonchev–Trinajstić information content (AvgIpc) is 3.23. The van der Waals surface area contributed by atoms with Crippen LogP contribution >= 0.6 is 0 Å². The molecule has 0 saturated heterocycles. The van der Waals surface area contributed by atoms with Crippen LogP contribution in [0.3, 0.4) is 0 Å². The first-order chi connectivity index (χ1) is 13.4. The number of nitrogens with zero attached hydrogens (tertiary/aromatic N) is 4. The van der Waals surface area contributed by atoms with Crippen molar-refractivity contribution in [1.29, 1.82) is 0 Å². The van der Waals surface area contributed by atoms with Crippen molar-refractivity contribution in [3.8, 4) is 0 Å². The maximum absolute atomic E-state index is 10.8. The zero-order valence-electron chi connectivity index (χ0n) is 16.9. The second kappa shape index (κ2) is 8.43. The lowest BCUT2D eigenvalue weighted by Crippen LogP contribution is -2.40. The molecule has 1 atom stereocenters. The molecular formula is C20H28N6O2. The highest BCUT2D eigenvalue weighted by Gasteiger charge is 2.27. The Balaban J connectivity index is 1.63. The number of nitrogens with one attached hydrogen (secondary N) is 2. The summed E-state index contributed by atoms with van der Waals surface area (Å²) in [7, 11) is 0. The van der Waals surface area contributed by atoms with Gasteiger partial charge < -0.3 is 20.2 Å². The molecule has 0 saturated carbocycles. The fourth-order valence-electron chi connectivity index (χ4n) is 3.18. The summed E-state index contributed by atoms with van der Waals surface area (Å²) in [6.07, 6.45) is 2.66. The van der Waals surface area contributed by atoms with Gasteiger partial charge in [0.25, 0.3) is 0 Å². The number of aliphatic hydroxyl groups is 1. The van der Waals surface area contributed by atoms with E-state index in [-0.39, 0.29) is 6.54 Å². The Morgan fingerprint density at radius 3 is 2.82 bits per heavy atom. The SMILES string of the molecule is CCNC(=NCC(C)(O)c1cc(C)oc1C)NCCc1nnc2ccccn12. The number of furan rings is 1. The van der Waals surface area contributed by atoms with Crippen molar-refractivity contribution in [2.45, 2.75) is 39.7 Å². The number of hydrogen-bond acceptors (Lipinski definition) is 5. The van der Waals surface area contributed by atoms with E-state index in [0.29, 0.717) is 24.7 Å². The van der Waals surface area contributed by atoms with E-state index in [1.807, 2.05) is 55.6 Å². The van der Waals surface area contributed by atoms with Crippen LogP contribution in [0.1, 0.15) is 36.8 Å². The topological polar surface area (TPSA) is 100.0 Å². The molecule has 0 aliphatic carbocycles. The van der Waals surface area contributed by atoms with Crippen LogP contribution in [0.25, 0.3) is 5.65 Å².